The minimum Gasteiger partial charge on any atom is -0.450 e. The lowest BCUT2D eigenvalue weighted by Crippen LogP contribution is -2.36. The van der Waals surface area contributed by atoms with E-state index in [1.165, 1.54) is 32.1 Å². The molecule has 0 spiro atoms. The fraction of sp³-hybridized carbons (Fsp3) is 0.600. The molecule has 1 aliphatic carbocycles. The molecule has 1 aromatic carbocycles. The summed E-state index contributed by atoms with van der Waals surface area (Å²) in [4.78, 5) is 21.0. The van der Waals surface area contributed by atoms with E-state index in [0.29, 0.717) is 6.04 Å². The molecule has 7 nitrogen and oxygen atoms in total. The predicted molar refractivity (Wildman–Crippen MR) is 113 cm³/mol. The number of amides is 1. The molecule has 1 heterocycles. The second kappa shape index (κ2) is 13.2. The molecule has 158 valence electrons. The summed E-state index contributed by atoms with van der Waals surface area (Å²) in [6, 6.07) is 8.29. The van der Waals surface area contributed by atoms with Crippen LogP contribution in [0.15, 0.2) is 24.3 Å². The Hall–Kier alpha value is -1.99. The van der Waals surface area contributed by atoms with Crippen LogP contribution in [-0.2, 0) is 0 Å². The van der Waals surface area contributed by atoms with Gasteiger partial charge in [0.15, 0.2) is 0 Å². The summed E-state index contributed by atoms with van der Waals surface area (Å²) in [6.45, 7) is 3.24. The molecule has 0 unspecified atom stereocenters. The number of benzene rings is 1. The van der Waals surface area contributed by atoms with Crippen LogP contribution < -0.4 is 16.0 Å². The van der Waals surface area contributed by atoms with Crippen LogP contribution in [-0.4, -0.2) is 48.0 Å². The number of anilines is 1. The Morgan fingerprint density at radius 1 is 1.04 bits per heavy atom. The van der Waals surface area contributed by atoms with Crippen LogP contribution in [0.25, 0.3) is 0 Å². The van der Waals surface area contributed by atoms with E-state index in [4.69, 9.17) is 15.0 Å². The maximum absolute atomic E-state index is 12.4. The van der Waals surface area contributed by atoms with Crippen LogP contribution in [0.2, 0.25) is 0 Å². The van der Waals surface area contributed by atoms with Gasteiger partial charge >= 0.3 is 6.16 Å². The highest BCUT2D eigenvalue weighted by molar-refractivity contribution is 5.95. The second-order valence-electron chi connectivity index (χ2n) is 7.25. The third-order valence-corrected chi connectivity index (χ3v) is 5.12. The molecule has 0 atom stereocenters. The van der Waals surface area contributed by atoms with Gasteiger partial charge in [-0.1, -0.05) is 25.3 Å². The van der Waals surface area contributed by atoms with Gasteiger partial charge in [-0.15, -0.1) is 12.4 Å². The van der Waals surface area contributed by atoms with Gasteiger partial charge in [-0.2, -0.15) is 0 Å². The van der Waals surface area contributed by atoms with E-state index in [-0.39, 0.29) is 18.3 Å². The first-order valence-corrected chi connectivity index (χ1v) is 9.82. The molecule has 0 aromatic heterocycles. The molecule has 1 amide bonds. The van der Waals surface area contributed by atoms with Crippen molar-refractivity contribution >= 4 is 30.2 Å². The minimum absolute atomic E-state index is 0. The number of halogens is 1. The van der Waals surface area contributed by atoms with E-state index < -0.39 is 6.16 Å². The number of carbonyl (C=O) groups is 2. The molecule has 1 aliphatic heterocycles. The van der Waals surface area contributed by atoms with Gasteiger partial charge in [0.05, 0.1) is 0 Å². The number of rotatable bonds is 5. The Kier molecular flexibility index (Phi) is 11.4. The van der Waals surface area contributed by atoms with Crippen LogP contribution in [0.1, 0.15) is 55.3 Å². The van der Waals surface area contributed by atoms with Crippen molar-refractivity contribution in [2.75, 3.05) is 25.0 Å². The Morgan fingerprint density at radius 2 is 1.68 bits per heavy atom. The summed E-state index contributed by atoms with van der Waals surface area (Å²) in [5.74, 6) is 0.804. The Labute approximate surface area is 172 Å². The lowest BCUT2D eigenvalue weighted by Gasteiger charge is -2.24. The van der Waals surface area contributed by atoms with Crippen LogP contribution >= 0.6 is 12.4 Å². The average Bonchev–Trinajstić information content (AvgIpc) is 2.68. The molecule has 1 saturated heterocycles. The first-order valence-electron chi connectivity index (χ1n) is 9.82. The van der Waals surface area contributed by atoms with Crippen molar-refractivity contribution in [3.63, 3.8) is 0 Å². The topological polar surface area (TPSA) is 111 Å². The largest absolute Gasteiger partial charge is 0.503 e. The number of hydrogen-bond donors (Lipinski definition) is 5. The van der Waals surface area contributed by atoms with Gasteiger partial charge in [-0.3, -0.25) is 4.79 Å². The average molecular weight is 414 g/mol. The molecule has 5 N–H and O–H groups in total. The summed E-state index contributed by atoms with van der Waals surface area (Å²) in [5.41, 5.74) is 1.82. The van der Waals surface area contributed by atoms with Crippen LogP contribution in [0.5, 0.6) is 0 Å². The summed E-state index contributed by atoms with van der Waals surface area (Å²) in [5, 5.41) is 24.0. The van der Waals surface area contributed by atoms with Crippen LogP contribution in [0.4, 0.5) is 10.5 Å². The predicted octanol–water partition coefficient (Wildman–Crippen LogP) is 3.80. The number of carbonyl (C=O) groups excluding carboxylic acids is 1. The van der Waals surface area contributed by atoms with Crippen molar-refractivity contribution < 1.29 is 19.8 Å². The number of hydrogen-bond acceptors (Lipinski definition) is 4. The Balaban J connectivity index is 0.000000717. The van der Waals surface area contributed by atoms with Crippen molar-refractivity contribution in [3.05, 3.63) is 29.8 Å². The second-order valence-corrected chi connectivity index (χ2v) is 7.25. The monoisotopic (exact) mass is 413 g/mol. The third-order valence-electron chi connectivity index (χ3n) is 5.12. The smallest absolute Gasteiger partial charge is 0.450 e. The molecular weight excluding hydrogens is 382 g/mol. The first kappa shape index (κ1) is 24.0. The molecule has 8 heteroatoms. The highest BCUT2D eigenvalue weighted by Crippen LogP contribution is 2.19. The summed E-state index contributed by atoms with van der Waals surface area (Å²) in [7, 11) is 0. The lowest BCUT2D eigenvalue weighted by atomic mass is 9.95. The normalized spacial score (nSPS) is 17.4. The maximum atomic E-state index is 12.4. The van der Waals surface area contributed by atoms with E-state index >= 15 is 0 Å². The molecule has 0 radical (unpaired) electrons. The van der Waals surface area contributed by atoms with Gasteiger partial charge in [0.25, 0.3) is 5.91 Å². The van der Waals surface area contributed by atoms with Crippen molar-refractivity contribution in [3.8, 4) is 0 Å². The molecule has 3 rings (SSSR count). The van der Waals surface area contributed by atoms with Gasteiger partial charge < -0.3 is 26.2 Å². The molecule has 1 aromatic rings. The third kappa shape index (κ3) is 9.28. The Morgan fingerprint density at radius 3 is 2.32 bits per heavy atom. The summed E-state index contributed by atoms with van der Waals surface area (Å²) >= 11 is 0. The van der Waals surface area contributed by atoms with Gasteiger partial charge in [-0.05, 0) is 62.9 Å². The SMILES string of the molecule is Cl.O=C(NC1CCCCC1)c1cccc(NCC2CCNCC2)c1.O=C(O)O. The van der Waals surface area contributed by atoms with Crippen LogP contribution in [0.3, 0.4) is 0 Å². The molecule has 2 fully saturated rings. The molecule has 0 bridgehead atoms. The van der Waals surface area contributed by atoms with Gasteiger partial charge in [0, 0.05) is 23.8 Å². The van der Waals surface area contributed by atoms with Gasteiger partial charge in [0.1, 0.15) is 0 Å². The van der Waals surface area contributed by atoms with Gasteiger partial charge in [-0.25, -0.2) is 4.79 Å². The standard InChI is InChI=1S/C19H29N3O.CH2O3.ClH/c23-19(22-17-6-2-1-3-7-17)16-5-4-8-18(13-16)21-14-15-9-11-20-12-10-15;2-1(3)4;/h4-5,8,13,15,17,20-21H,1-3,6-7,9-12,14H2,(H,22,23);(H2,2,3,4);1H. The number of carboxylic acid groups (broad SMARTS) is 2. The zero-order valence-corrected chi connectivity index (χ0v) is 17.0. The summed E-state index contributed by atoms with van der Waals surface area (Å²) < 4.78 is 0. The molecule has 1 saturated carbocycles. The minimum atomic E-state index is -1.83. The van der Waals surface area contributed by atoms with Crippen LogP contribution in [0, 0.1) is 5.92 Å². The number of nitrogens with one attached hydrogen (secondary N) is 3. The number of piperidine rings is 1. The maximum Gasteiger partial charge on any atom is 0.503 e. The fourth-order valence-electron chi connectivity index (χ4n) is 3.63. The first-order chi connectivity index (χ1) is 13.0. The van der Waals surface area contributed by atoms with E-state index in [0.717, 1.165) is 49.6 Å². The quantitative estimate of drug-likeness (QED) is 0.502. The molecule has 28 heavy (non-hydrogen) atoms. The summed E-state index contributed by atoms with van der Waals surface area (Å²) in [6.07, 6.45) is 6.66. The lowest BCUT2D eigenvalue weighted by molar-refractivity contribution is 0.0927. The van der Waals surface area contributed by atoms with E-state index in [9.17, 15) is 4.79 Å². The zero-order valence-electron chi connectivity index (χ0n) is 16.2. The van der Waals surface area contributed by atoms with E-state index in [1.54, 1.807) is 0 Å². The zero-order chi connectivity index (χ0) is 19.5. The fourth-order valence-corrected chi connectivity index (χ4v) is 3.63. The molecular formula is C20H32ClN3O4. The van der Waals surface area contributed by atoms with E-state index in [1.807, 2.05) is 18.2 Å². The molecule has 2 aliphatic rings. The Bertz CT molecular complexity index is 599. The van der Waals surface area contributed by atoms with Crippen molar-refractivity contribution in [1.82, 2.24) is 10.6 Å². The van der Waals surface area contributed by atoms with Crippen molar-refractivity contribution in [2.45, 2.75) is 51.0 Å². The van der Waals surface area contributed by atoms with E-state index in [2.05, 4.69) is 22.0 Å². The highest BCUT2D eigenvalue weighted by atomic mass is 35.5. The van der Waals surface area contributed by atoms with Crippen molar-refractivity contribution in [1.29, 1.82) is 0 Å². The van der Waals surface area contributed by atoms with Gasteiger partial charge in [0.2, 0.25) is 0 Å². The van der Waals surface area contributed by atoms with Crippen molar-refractivity contribution in [2.24, 2.45) is 5.92 Å². The highest BCUT2D eigenvalue weighted by Gasteiger charge is 2.17.